The predicted octanol–water partition coefficient (Wildman–Crippen LogP) is 4.33. The van der Waals surface area contributed by atoms with Crippen LogP contribution in [0, 0.1) is 4.77 Å². The highest BCUT2D eigenvalue weighted by Crippen LogP contribution is 2.37. The molecule has 0 radical (unpaired) electrons. The van der Waals surface area contributed by atoms with E-state index < -0.39 is 0 Å². The van der Waals surface area contributed by atoms with Crippen LogP contribution in [0.4, 0.5) is 0 Å². The van der Waals surface area contributed by atoms with Crippen molar-refractivity contribution in [2.45, 2.75) is 39.7 Å². The van der Waals surface area contributed by atoms with E-state index in [4.69, 9.17) is 21.7 Å². The maximum Gasteiger partial charge on any atom is 0.216 e. The third-order valence-electron chi connectivity index (χ3n) is 3.12. The Morgan fingerprint density at radius 3 is 2.83 bits per heavy atom. The van der Waals surface area contributed by atoms with E-state index in [-0.39, 0.29) is 6.10 Å². The molecule has 0 aliphatic carbocycles. The van der Waals surface area contributed by atoms with Gasteiger partial charge in [-0.2, -0.15) is 14.9 Å². The molecule has 6 nitrogen and oxygen atoms in total. The number of aromatic nitrogens is 3. The Hall–Kier alpha value is -1.67. The fourth-order valence-corrected chi connectivity index (χ4v) is 2.87. The van der Waals surface area contributed by atoms with Crippen LogP contribution in [0.5, 0.6) is 11.5 Å². The van der Waals surface area contributed by atoms with Gasteiger partial charge in [0.25, 0.3) is 0 Å². The molecule has 0 aliphatic rings. The van der Waals surface area contributed by atoms with E-state index in [2.05, 4.69) is 38.2 Å². The molecule has 0 spiro atoms. The van der Waals surface area contributed by atoms with Crippen LogP contribution in [0.15, 0.2) is 21.7 Å². The topological polar surface area (TPSA) is 64.4 Å². The lowest BCUT2D eigenvalue weighted by Gasteiger charge is -2.15. The summed E-state index contributed by atoms with van der Waals surface area (Å²) in [6.07, 6.45) is 3.54. The molecule has 1 heterocycles. The summed E-state index contributed by atoms with van der Waals surface area (Å²) in [5.74, 6) is 2.13. The van der Waals surface area contributed by atoms with Gasteiger partial charge in [-0.15, -0.1) is 0 Å². The maximum atomic E-state index is 5.79. The van der Waals surface area contributed by atoms with Gasteiger partial charge in [-0.3, -0.25) is 5.10 Å². The van der Waals surface area contributed by atoms with Crippen LogP contribution < -0.4 is 9.47 Å². The monoisotopic (exact) mass is 412 g/mol. The SMILES string of the molecule is CCCc1n[nH]c(=S)n1/N=C\c1cc(Br)c(OC(C)C)c(OC)c1. The molecule has 130 valence electrons. The van der Waals surface area contributed by atoms with Gasteiger partial charge in [0.2, 0.25) is 4.77 Å². The minimum Gasteiger partial charge on any atom is -0.493 e. The molecule has 1 aromatic heterocycles. The number of aryl methyl sites for hydroxylation is 1. The standard InChI is InChI=1S/C16H21BrN4O2S/c1-5-6-14-19-20-16(24)21(14)18-9-11-7-12(17)15(23-10(2)3)13(8-11)22-4/h7-10H,5-6H2,1-4H3,(H,20,24)/b18-9-. The Bertz CT molecular complexity index is 783. The average molecular weight is 413 g/mol. The molecule has 24 heavy (non-hydrogen) atoms. The lowest BCUT2D eigenvalue weighted by Crippen LogP contribution is -2.07. The Morgan fingerprint density at radius 2 is 2.21 bits per heavy atom. The van der Waals surface area contributed by atoms with Gasteiger partial charge in [0.1, 0.15) is 0 Å². The molecule has 0 atom stereocenters. The lowest BCUT2D eigenvalue weighted by molar-refractivity contribution is 0.228. The van der Waals surface area contributed by atoms with Crippen molar-refractivity contribution in [1.29, 1.82) is 0 Å². The third kappa shape index (κ3) is 4.45. The van der Waals surface area contributed by atoms with E-state index in [9.17, 15) is 0 Å². The molecule has 0 bridgehead atoms. The van der Waals surface area contributed by atoms with E-state index >= 15 is 0 Å². The van der Waals surface area contributed by atoms with Gasteiger partial charge >= 0.3 is 0 Å². The average Bonchev–Trinajstić information content (AvgIpc) is 2.87. The molecule has 0 fully saturated rings. The molecule has 0 aliphatic heterocycles. The number of rotatable bonds is 7. The van der Waals surface area contributed by atoms with Crippen molar-refractivity contribution in [2.75, 3.05) is 7.11 Å². The zero-order valence-electron chi connectivity index (χ0n) is 14.2. The van der Waals surface area contributed by atoms with Crippen LogP contribution in [0.1, 0.15) is 38.6 Å². The van der Waals surface area contributed by atoms with Crippen LogP contribution in [-0.4, -0.2) is 34.3 Å². The summed E-state index contributed by atoms with van der Waals surface area (Å²) in [7, 11) is 1.61. The predicted molar refractivity (Wildman–Crippen MR) is 101 cm³/mol. The van der Waals surface area contributed by atoms with Crippen molar-refractivity contribution in [3.63, 3.8) is 0 Å². The number of nitrogens with one attached hydrogen (secondary N) is 1. The van der Waals surface area contributed by atoms with E-state index in [1.54, 1.807) is 18.0 Å². The number of benzene rings is 1. The van der Waals surface area contributed by atoms with Crippen LogP contribution in [-0.2, 0) is 6.42 Å². The molecule has 0 amide bonds. The van der Waals surface area contributed by atoms with Crippen molar-refractivity contribution in [1.82, 2.24) is 14.9 Å². The van der Waals surface area contributed by atoms with Gasteiger partial charge < -0.3 is 9.47 Å². The van der Waals surface area contributed by atoms with Crippen molar-refractivity contribution < 1.29 is 9.47 Å². The fourth-order valence-electron chi connectivity index (χ4n) is 2.12. The summed E-state index contributed by atoms with van der Waals surface area (Å²) in [4.78, 5) is 0. The second-order valence-corrected chi connectivity index (χ2v) is 6.69. The minimum atomic E-state index is 0.0515. The Labute approximate surface area is 155 Å². The summed E-state index contributed by atoms with van der Waals surface area (Å²) >= 11 is 8.75. The first-order valence-electron chi connectivity index (χ1n) is 7.71. The van der Waals surface area contributed by atoms with E-state index in [1.165, 1.54) is 0 Å². The minimum absolute atomic E-state index is 0.0515. The second-order valence-electron chi connectivity index (χ2n) is 5.45. The van der Waals surface area contributed by atoms with Crippen LogP contribution >= 0.6 is 28.1 Å². The van der Waals surface area contributed by atoms with E-state index in [1.807, 2.05) is 26.0 Å². The number of H-pyrrole nitrogens is 1. The molecular formula is C16H21BrN4O2S. The van der Waals surface area contributed by atoms with Gasteiger partial charge in [-0.25, -0.2) is 0 Å². The smallest absolute Gasteiger partial charge is 0.216 e. The lowest BCUT2D eigenvalue weighted by atomic mass is 10.2. The number of aromatic amines is 1. The van der Waals surface area contributed by atoms with Gasteiger partial charge in [0.15, 0.2) is 17.3 Å². The summed E-state index contributed by atoms with van der Waals surface area (Å²) in [5.41, 5.74) is 0.861. The molecule has 2 rings (SSSR count). The van der Waals surface area contributed by atoms with Crippen molar-refractivity contribution >= 4 is 34.4 Å². The van der Waals surface area contributed by atoms with E-state index in [0.717, 1.165) is 28.7 Å². The van der Waals surface area contributed by atoms with Crippen molar-refractivity contribution in [2.24, 2.45) is 5.10 Å². The molecule has 0 saturated carbocycles. The molecule has 1 N–H and O–H groups in total. The van der Waals surface area contributed by atoms with Crippen molar-refractivity contribution in [3.05, 3.63) is 32.8 Å². The van der Waals surface area contributed by atoms with Crippen molar-refractivity contribution in [3.8, 4) is 11.5 Å². The first-order chi connectivity index (χ1) is 11.5. The normalized spacial score (nSPS) is 11.4. The summed E-state index contributed by atoms with van der Waals surface area (Å²) in [6.45, 7) is 6.02. The quantitative estimate of drug-likeness (QED) is 0.542. The first kappa shape index (κ1) is 18.7. The zero-order valence-corrected chi connectivity index (χ0v) is 16.6. The van der Waals surface area contributed by atoms with Gasteiger partial charge in [0, 0.05) is 6.42 Å². The van der Waals surface area contributed by atoms with Gasteiger partial charge in [-0.1, -0.05) is 6.92 Å². The molecule has 0 saturated heterocycles. The highest BCUT2D eigenvalue weighted by Gasteiger charge is 2.12. The van der Waals surface area contributed by atoms with E-state index in [0.29, 0.717) is 16.3 Å². The third-order valence-corrected chi connectivity index (χ3v) is 3.97. The summed E-state index contributed by atoms with van der Waals surface area (Å²) < 4.78 is 14.1. The Balaban J connectivity index is 2.35. The number of halogens is 1. The number of hydrogen-bond donors (Lipinski definition) is 1. The molecule has 1 aromatic carbocycles. The molecule has 0 unspecified atom stereocenters. The van der Waals surface area contributed by atoms with Gasteiger partial charge in [0.05, 0.1) is 23.9 Å². The molecule has 2 aromatic rings. The highest BCUT2D eigenvalue weighted by atomic mass is 79.9. The largest absolute Gasteiger partial charge is 0.493 e. The molecule has 8 heteroatoms. The van der Waals surface area contributed by atoms with Crippen LogP contribution in [0.25, 0.3) is 0 Å². The first-order valence-corrected chi connectivity index (χ1v) is 8.91. The fraction of sp³-hybridized carbons (Fsp3) is 0.438. The highest BCUT2D eigenvalue weighted by molar-refractivity contribution is 9.10. The number of hydrogen-bond acceptors (Lipinski definition) is 5. The summed E-state index contributed by atoms with van der Waals surface area (Å²) in [5, 5.41) is 11.4. The number of nitrogens with zero attached hydrogens (tertiary/aromatic N) is 3. The maximum absolute atomic E-state index is 5.79. The van der Waals surface area contributed by atoms with Gasteiger partial charge in [-0.05, 0) is 66.1 Å². The Kier molecular flexibility index (Phi) is 6.56. The zero-order chi connectivity index (χ0) is 17.7. The number of methoxy groups -OCH3 is 1. The van der Waals surface area contributed by atoms with Crippen LogP contribution in [0.3, 0.4) is 0 Å². The Morgan fingerprint density at radius 1 is 1.46 bits per heavy atom. The summed E-state index contributed by atoms with van der Waals surface area (Å²) in [6, 6.07) is 3.79. The second kappa shape index (κ2) is 8.43. The molecular weight excluding hydrogens is 392 g/mol. The van der Waals surface area contributed by atoms with Crippen LogP contribution in [0.2, 0.25) is 0 Å². The number of ether oxygens (including phenoxy) is 2.